The van der Waals surface area contributed by atoms with E-state index >= 15 is 0 Å². The van der Waals surface area contributed by atoms with Gasteiger partial charge in [-0.15, -0.1) is 24.0 Å². The van der Waals surface area contributed by atoms with E-state index in [2.05, 4.69) is 15.6 Å². The van der Waals surface area contributed by atoms with Gasteiger partial charge in [-0.1, -0.05) is 43.5 Å². The molecule has 0 bridgehead atoms. The third-order valence-corrected chi connectivity index (χ3v) is 5.48. The highest BCUT2D eigenvalue weighted by Gasteiger charge is 2.20. The number of carbonyl (C=O) groups excluding carboxylic acids is 1. The van der Waals surface area contributed by atoms with Gasteiger partial charge in [0.2, 0.25) is 5.91 Å². The fourth-order valence-electron chi connectivity index (χ4n) is 3.72. The molecule has 1 amide bonds. The molecule has 31 heavy (non-hydrogen) atoms. The van der Waals surface area contributed by atoms with Gasteiger partial charge in [0, 0.05) is 18.2 Å². The fraction of sp³-hybridized carbons (Fsp3) is 0.417. The van der Waals surface area contributed by atoms with Gasteiger partial charge in [0.25, 0.3) is 0 Å². The number of guanidine groups is 1. The Morgan fingerprint density at radius 3 is 2.55 bits per heavy atom. The Morgan fingerprint density at radius 1 is 1.10 bits per heavy atom. The van der Waals surface area contributed by atoms with E-state index in [9.17, 15) is 4.79 Å². The van der Waals surface area contributed by atoms with Crippen LogP contribution in [0, 0.1) is 5.92 Å². The first-order valence-corrected chi connectivity index (χ1v) is 10.7. The second kappa shape index (κ2) is 13.2. The van der Waals surface area contributed by atoms with Crippen LogP contribution in [0.1, 0.15) is 43.2 Å². The average molecular weight is 536 g/mol. The SMILES string of the molecule is COc1ccc(CCNC(N)=NCc2cccc(NC(=O)C3CCCCC3)c2)cc1.I. The number of benzene rings is 2. The Bertz CT molecular complexity index is 849. The number of anilines is 1. The van der Waals surface area contributed by atoms with E-state index in [1.807, 2.05) is 48.5 Å². The molecule has 1 aliphatic carbocycles. The summed E-state index contributed by atoms with van der Waals surface area (Å²) in [7, 11) is 1.66. The van der Waals surface area contributed by atoms with Crippen LogP contribution in [0.5, 0.6) is 5.75 Å². The number of hydrogen-bond donors (Lipinski definition) is 3. The van der Waals surface area contributed by atoms with Crippen LogP contribution in [-0.2, 0) is 17.8 Å². The lowest BCUT2D eigenvalue weighted by Crippen LogP contribution is -2.33. The first-order valence-electron chi connectivity index (χ1n) is 10.7. The molecule has 0 radical (unpaired) electrons. The molecule has 0 heterocycles. The summed E-state index contributed by atoms with van der Waals surface area (Å²) in [6.07, 6.45) is 6.38. The molecule has 1 saturated carbocycles. The minimum atomic E-state index is 0. The molecule has 0 aliphatic heterocycles. The van der Waals surface area contributed by atoms with Gasteiger partial charge in [-0.25, -0.2) is 4.99 Å². The van der Waals surface area contributed by atoms with E-state index < -0.39 is 0 Å². The van der Waals surface area contributed by atoms with E-state index in [4.69, 9.17) is 10.5 Å². The van der Waals surface area contributed by atoms with Crippen molar-refractivity contribution in [2.45, 2.75) is 45.1 Å². The summed E-state index contributed by atoms with van der Waals surface area (Å²) in [5, 5.41) is 6.20. The minimum Gasteiger partial charge on any atom is -0.497 e. The summed E-state index contributed by atoms with van der Waals surface area (Å²) in [6, 6.07) is 15.8. The Hall–Kier alpha value is -2.29. The number of nitrogens with zero attached hydrogens (tertiary/aromatic N) is 1. The molecule has 168 valence electrons. The van der Waals surface area contributed by atoms with Gasteiger partial charge in [0.05, 0.1) is 13.7 Å². The molecular formula is C24H33IN4O2. The van der Waals surface area contributed by atoms with Crippen LogP contribution < -0.4 is 21.1 Å². The van der Waals surface area contributed by atoms with Gasteiger partial charge in [0.15, 0.2) is 5.96 Å². The quantitative estimate of drug-likeness (QED) is 0.264. The maximum absolute atomic E-state index is 12.4. The summed E-state index contributed by atoms with van der Waals surface area (Å²) < 4.78 is 5.17. The van der Waals surface area contributed by atoms with Crippen molar-refractivity contribution < 1.29 is 9.53 Å². The number of nitrogens with two attached hydrogens (primary N) is 1. The number of methoxy groups -OCH3 is 1. The van der Waals surface area contributed by atoms with Crippen molar-refractivity contribution in [1.82, 2.24) is 5.32 Å². The smallest absolute Gasteiger partial charge is 0.227 e. The van der Waals surface area contributed by atoms with Crippen LogP contribution in [0.2, 0.25) is 0 Å². The lowest BCUT2D eigenvalue weighted by atomic mass is 9.88. The van der Waals surface area contributed by atoms with Gasteiger partial charge in [-0.3, -0.25) is 4.79 Å². The van der Waals surface area contributed by atoms with Crippen LogP contribution in [0.25, 0.3) is 0 Å². The highest BCUT2D eigenvalue weighted by atomic mass is 127. The summed E-state index contributed by atoms with van der Waals surface area (Å²) in [4.78, 5) is 16.9. The maximum Gasteiger partial charge on any atom is 0.227 e. The number of aliphatic imine (C=N–C) groups is 1. The van der Waals surface area contributed by atoms with Crippen LogP contribution in [0.4, 0.5) is 5.69 Å². The molecule has 0 aromatic heterocycles. The molecule has 0 atom stereocenters. The largest absolute Gasteiger partial charge is 0.497 e. The summed E-state index contributed by atoms with van der Waals surface area (Å²) in [5.74, 6) is 1.55. The van der Waals surface area contributed by atoms with Gasteiger partial charge >= 0.3 is 0 Å². The number of rotatable bonds is 8. The van der Waals surface area contributed by atoms with Crippen LogP contribution in [0.3, 0.4) is 0 Å². The predicted octanol–water partition coefficient (Wildman–Crippen LogP) is 4.48. The Labute approximate surface area is 202 Å². The number of halogens is 1. The van der Waals surface area contributed by atoms with Crippen LogP contribution in [0.15, 0.2) is 53.5 Å². The third kappa shape index (κ3) is 8.40. The van der Waals surface area contributed by atoms with Crippen molar-refractivity contribution in [3.05, 3.63) is 59.7 Å². The minimum absolute atomic E-state index is 0. The molecule has 4 N–H and O–H groups in total. The third-order valence-electron chi connectivity index (χ3n) is 5.48. The zero-order chi connectivity index (χ0) is 21.2. The fourth-order valence-corrected chi connectivity index (χ4v) is 3.72. The summed E-state index contributed by atoms with van der Waals surface area (Å²) >= 11 is 0. The average Bonchev–Trinajstić information content (AvgIpc) is 2.79. The first-order chi connectivity index (χ1) is 14.6. The van der Waals surface area contributed by atoms with Crippen LogP contribution in [-0.4, -0.2) is 25.5 Å². The van der Waals surface area contributed by atoms with Crippen molar-refractivity contribution >= 4 is 41.5 Å². The molecule has 0 unspecified atom stereocenters. The van der Waals surface area contributed by atoms with Crippen molar-refractivity contribution in [3.63, 3.8) is 0 Å². The Morgan fingerprint density at radius 2 is 1.84 bits per heavy atom. The number of nitrogens with one attached hydrogen (secondary N) is 2. The molecule has 6 nitrogen and oxygen atoms in total. The second-order valence-corrected chi connectivity index (χ2v) is 7.75. The molecule has 0 spiro atoms. The number of amides is 1. The van der Waals surface area contributed by atoms with Gasteiger partial charge in [-0.05, 0) is 54.7 Å². The highest BCUT2D eigenvalue weighted by Crippen LogP contribution is 2.25. The van der Waals surface area contributed by atoms with Gasteiger partial charge < -0.3 is 21.1 Å². The normalized spacial score (nSPS) is 14.4. The van der Waals surface area contributed by atoms with Crippen molar-refractivity contribution in [1.29, 1.82) is 0 Å². The Balaban J connectivity index is 0.00000341. The maximum atomic E-state index is 12.4. The molecule has 7 heteroatoms. The zero-order valence-electron chi connectivity index (χ0n) is 18.1. The van der Waals surface area contributed by atoms with E-state index in [-0.39, 0.29) is 35.8 Å². The van der Waals surface area contributed by atoms with Crippen LogP contribution >= 0.6 is 24.0 Å². The topological polar surface area (TPSA) is 88.7 Å². The molecule has 3 rings (SSSR count). The lowest BCUT2D eigenvalue weighted by Gasteiger charge is -2.20. The zero-order valence-corrected chi connectivity index (χ0v) is 20.4. The van der Waals surface area contributed by atoms with Gasteiger partial charge in [0.1, 0.15) is 5.75 Å². The second-order valence-electron chi connectivity index (χ2n) is 7.75. The number of hydrogen-bond acceptors (Lipinski definition) is 3. The molecule has 1 fully saturated rings. The van der Waals surface area contributed by atoms with Crippen molar-refractivity contribution in [2.75, 3.05) is 19.0 Å². The van der Waals surface area contributed by atoms with E-state index in [0.29, 0.717) is 19.0 Å². The molecule has 2 aromatic rings. The predicted molar refractivity (Wildman–Crippen MR) is 137 cm³/mol. The highest BCUT2D eigenvalue weighted by molar-refractivity contribution is 14.0. The number of carbonyl (C=O) groups is 1. The monoisotopic (exact) mass is 536 g/mol. The molecule has 2 aromatic carbocycles. The van der Waals surface area contributed by atoms with Crippen molar-refractivity contribution in [3.8, 4) is 5.75 Å². The standard InChI is InChI=1S/C24H32N4O2.HI/c1-30-22-12-10-18(11-13-22)14-15-26-24(25)27-17-19-6-5-9-21(16-19)28-23(29)20-7-3-2-4-8-20;/h5-6,9-13,16,20H,2-4,7-8,14-15,17H2,1H3,(H,28,29)(H3,25,26,27);1H. The molecule has 1 aliphatic rings. The summed E-state index contributed by atoms with van der Waals surface area (Å²) in [5.41, 5.74) is 9.04. The van der Waals surface area contributed by atoms with Crippen molar-refractivity contribution in [2.24, 2.45) is 16.6 Å². The lowest BCUT2D eigenvalue weighted by molar-refractivity contribution is -0.120. The number of ether oxygens (including phenoxy) is 1. The Kier molecular flexibility index (Phi) is 10.6. The molecule has 0 saturated heterocycles. The molecular weight excluding hydrogens is 503 g/mol. The van der Waals surface area contributed by atoms with E-state index in [0.717, 1.165) is 49.1 Å². The summed E-state index contributed by atoms with van der Waals surface area (Å²) in [6.45, 7) is 1.17. The first kappa shape index (κ1) is 25.0. The van der Waals surface area contributed by atoms with E-state index in [1.165, 1.54) is 12.0 Å². The van der Waals surface area contributed by atoms with E-state index in [1.54, 1.807) is 7.11 Å². The van der Waals surface area contributed by atoms with Gasteiger partial charge in [-0.2, -0.15) is 0 Å².